The lowest BCUT2D eigenvalue weighted by molar-refractivity contribution is 0.415. The minimum atomic E-state index is -0.212. The molecule has 0 unspecified atom stereocenters. The summed E-state index contributed by atoms with van der Waals surface area (Å²) in [5, 5.41) is 13.3. The van der Waals surface area contributed by atoms with Crippen molar-refractivity contribution in [2.24, 2.45) is 0 Å². The van der Waals surface area contributed by atoms with Crippen LogP contribution in [0.4, 0.5) is 11.5 Å². The highest BCUT2D eigenvalue weighted by molar-refractivity contribution is 6.23. The first-order chi connectivity index (χ1) is 16.1. The van der Waals surface area contributed by atoms with Gasteiger partial charge in [0.25, 0.3) is 5.56 Å². The lowest BCUT2D eigenvalue weighted by Crippen LogP contribution is -2.43. The van der Waals surface area contributed by atoms with Gasteiger partial charge in [0.2, 0.25) is 0 Å². The zero-order chi connectivity index (χ0) is 22.5. The lowest BCUT2D eigenvalue weighted by Gasteiger charge is -2.29. The molecule has 0 bridgehead atoms. The van der Waals surface area contributed by atoms with Gasteiger partial charge < -0.3 is 25.7 Å². The Bertz CT molecular complexity index is 1560. The van der Waals surface area contributed by atoms with E-state index in [1.807, 2.05) is 30.3 Å². The number of hydrogen-bond donors (Lipinski definition) is 4. The van der Waals surface area contributed by atoms with Crippen LogP contribution in [0.5, 0.6) is 5.75 Å². The Balaban J connectivity index is 1.67. The quantitative estimate of drug-likeness (QED) is 0.317. The molecule has 3 aromatic heterocycles. The molecule has 5 aromatic rings. The highest BCUT2D eigenvalue weighted by Gasteiger charge is 2.20. The second-order valence-electron chi connectivity index (χ2n) is 8.20. The average Bonchev–Trinajstić information content (AvgIpc) is 3.24. The summed E-state index contributed by atoms with van der Waals surface area (Å²) in [6.45, 7) is 3.73. The third-order valence-electron chi connectivity index (χ3n) is 6.32. The number of fused-ring (bicyclic) bond motifs is 5. The molecule has 0 radical (unpaired) electrons. The number of aromatic nitrogens is 4. The van der Waals surface area contributed by atoms with Gasteiger partial charge in [-0.05, 0) is 36.4 Å². The number of nitrogen functional groups attached to an aromatic ring is 1. The summed E-state index contributed by atoms with van der Waals surface area (Å²) in [4.78, 5) is 23.6. The van der Waals surface area contributed by atoms with E-state index < -0.39 is 0 Å². The maximum absolute atomic E-state index is 13.5. The van der Waals surface area contributed by atoms with Gasteiger partial charge >= 0.3 is 0 Å². The number of aromatic amines is 2. The standard InChI is InChI=1S/C24H23N7O2/c1-33-15-5-2-13(3-6-15)21-19-18(20-22(25)29-30-23(20)28-21)16-7-4-14(12-17(16)27-24(19)32)31-10-8-26-9-11-31/h2-7,12,26H,8-11H2,1H3,(H,27,32)(H3,25,28,29,30). The Morgan fingerprint density at radius 2 is 1.82 bits per heavy atom. The monoisotopic (exact) mass is 441 g/mol. The highest BCUT2D eigenvalue weighted by atomic mass is 16.5. The maximum atomic E-state index is 13.5. The summed E-state index contributed by atoms with van der Waals surface area (Å²) in [7, 11) is 1.62. The molecule has 1 fully saturated rings. The number of ether oxygens (including phenoxy) is 1. The van der Waals surface area contributed by atoms with Crippen molar-refractivity contribution in [1.82, 2.24) is 25.5 Å². The summed E-state index contributed by atoms with van der Waals surface area (Å²) < 4.78 is 5.28. The minimum Gasteiger partial charge on any atom is -0.497 e. The van der Waals surface area contributed by atoms with Crippen LogP contribution in [0.3, 0.4) is 0 Å². The van der Waals surface area contributed by atoms with Gasteiger partial charge in [-0.2, -0.15) is 5.10 Å². The molecule has 0 spiro atoms. The molecule has 5 N–H and O–H groups in total. The van der Waals surface area contributed by atoms with Crippen LogP contribution < -0.4 is 26.2 Å². The molecule has 0 amide bonds. The Labute approximate surface area is 188 Å². The number of nitrogens with two attached hydrogens (primary N) is 1. The molecule has 6 rings (SSSR count). The number of benzene rings is 2. The van der Waals surface area contributed by atoms with Crippen LogP contribution in [0.1, 0.15) is 0 Å². The zero-order valence-corrected chi connectivity index (χ0v) is 18.1. The van der Waals surface area contributed by atoms with Crippen LogP contribution in [0.25, 0.3) is 44.0 Å². The average molecular weight is 441 g/mol. The molecule has 166 valence electrons. The molecule has 1 aliphatic rings. The Hall–Kier alpha value is -4.11. The number of rotatable bonds is 3. The summed E-state index contributed by atoms with van der Waals surface area (Å²) in [5.41, 5.74) is 9.72. The largest absolute Gasteiger partial charge is 0.497 e. The van der Waals surface area contributed by atoms with Crippen molar-refractivity contribution in [3.8, 4) is 17.0 Å². The molecule has 0 saturated carbocycles. The summed E-state index contributed by atoms with van der Waals surface area (Å²) in [6.07, 6.45) is 0. The van der Waals surface area contributed by atoms with Gasteiger partial charge in [0.05, 0.1) is 29.1 Å². The van der Waals surface area contributed by atoms with Crippen molar-refractivity contribution >= 4 is 44.2 Å². The third kappa shape index (κ3) is 3.08. The van der Waals surface area contributed by atoms with Crippen molar-refractivity contribution in [2.75, 3.05) is 43.9 Å². The van der Waals surface area contributed by atoms with Crippen molar-refractivity contribution in [3.05, 3.63) is 52.8 Å². The van der Waals surface area contributed by atoms with Crippen LogP contribution >= 0.6 is 0 Å². The van der Waals surface area contributed by atoms with E-state index in [9.17, 15) is 4.79 Å². The van der Waals surface area contributed by atoms with Crippen molar-refractivity contribution in [3.63, 3.8) is 0 Å². The van der Waals surface area contributed by atoms with Gasteiger partial charge in [-0.1, -0.05) is 6.07 Å². The maximum Gasteiger partial charge on any atom is 0.258 e. The molecule has 33 heavy (non-hydrogen) atoms. The molecule has 1 saturated heterocycles. The molecule has 4 heterocycles. The predicted molar refractivity (Wildman–Crippen MR) is 131 cm³/mol. The number of pyridine rings is 2. The normalized spacial score (nSPS) is 14.4. The molecular weight excluding hydrogens is 418 g/mol. The van der Waals surface area contributed by atoms with E-state index in [-0.39, 0.29) is 5.56 Å². The van der Waals surface area contributed by atoms with Gasteiger partial charge in [0, 0.05) is 48.2 Å². The zero-order valence-electron chi connectivity index (χ0n) is 18.1. The topological polar surface area (TPSA) is 125 Å². The summed E-state index contributed by atoms with van der Waals surface area (Å²) in [5.74, 6) is 1.12. The minimum absolute atomic E-state index is 0.212. The summed E-state index contributed by atoms with van der Waals surface area (Å²) in [6, 6.07) is 13.7. The van der Waals surface area contributed by atoms with Crippen LogP contribution in [-0.4, -0.2) is 53.5 Å². The number of nitrogens with one attached hydrogen (secondary N) is 3. The third-order valence-corrected chi connectivity index (χ3v) is 6.32. The number of anilines is 2. The van der Waals surface area contributed by atoms with E-state index in [0.29, 0.717) is 27.9 Å². The van der Waals surface area contributed by atoms with Gasteiger partial charge in [-0.3, -0.25) is 9.89 Å². The van der Waals surface area contributed by atoms with E-state index >= 15 is 0 Å². The van der Waals surface area contributed by atoms with Crippen molar-refractivity contribution in [1.29, 1.82) is 0 Å². The number of hydrogen-bond acceptors (Lipinski definition) is 7. The smallest absolute Gasteiger partial charge is 0.258 e. The van der Waals surface area contributed by atoms with Crippen LogP contribution in [0.2, 0.25) is 0 Å². The molecule has 2 aromatic carbocycles. The first kappa shape index (κ1) is 19.6. The van der Waals surface area contributed by atoms with Gasteiger partial charge in [-0.25, -0.2) is 4.98 Å². The Morgan fingerprint density at radius 1 is 1.03 bits per heavy atom. The highest BCUT2D eigenvalue weighted by Crippen LogP contribution is 2.37. The molecule has 9 heteroatoms. The number of nitrogens with zero attached hydrogens (tertiary/aromatic N) is 3. The van der Waals surface area contributed by atoms with E-state index in [0.717, 1.165) is 59.5 Å². The van der Waals surface area contributed by atoms with Crippen LogP contribution in [0, 0.1) is 0 Å². The molecular formula is C24H23N7O2. The van der Waals surface area contributed by atoms with Crippen LogP contribution in [-0.2, 0) is 0 Å². The predicted octanol–water partition coefficient (Wildman–Crippen LogP) is 2.62. The van der Waals surface area contributed by atoms with E-state index in [1.165, 1.54) is 0 Å². The Kier molecular flexibility index (Phi) is 4.44. The number of piperazine rings is 1. The van der Waals surface area contributed by atoms with Crippen LogP contribution in [0.15, 0.2) is 47.3 Å². The lowest BCUT2D eigenvalue weighted by atomic mass is 9.99. The molecule has 9 nitrogen and oxygen atoms in total. The molecule has 0 aliphatic carbocycles. The van der Waals surface area contributed by atoms with Gasteiger partial charge in [0.1, 0.15) is 11.6 Å². The van der Waals surface area contributed by atoms with E-state index in [1.54, 1.807) is 7.11 Å². The fraction of sp³-hybridized carbons (Fsp3) is 0.208. The summed E-state index contributed by atoms with van der Waals surface area (Å²) >= 11 is 0. The van der Waals surface area contributed by atoms with E-state index in [2.05, 4.69) is 37.5 Å². The number of methoxy groups -OCH3 is 1. The SMILES string of the molecule is COc1ccc(-c2nc3n[nH]c(N)c3c3c2c(=O)[nH]c2cc(N4CCNCC4)ccc23)cc1. The van der Waals surface area contributed by atoms with Crippen molar-refractivity contribution < 1.29 is 4.74 Å². The molecule has 0 atom stereocenters. The fourth-order valence-corrected chi connectivity index (χ4v) is 4.68. The molecule has 1 aliphatic heterocycles. The second kappa shape index (κ2) is 7.49. The first-order valence-corrected chi connectivity index (χ1v) is 10.9. The van der Waals surface area contributed by atoms with Gasteiger partial charge in [0.15, 0.2) is 5.65 Å². The van der Waals surface area contributed by atoms with E-state index in [4.69, 9.17) is 15.5 Å². The number of H-pyrrole nitrogens is 2. The first-order valence-electron chi connectivity index (χ1n) is 10.9. The second-order valence-corrected chi connectivity index (χ2v) is 8.20. The Morgan fingerprint density at radius 3 is 2.58 bits per heavy atom. The van der Waals surface area contributed by atoms with Crippen molar-refractivity contribution in [2.45, 2.75) is 0 Å². The fourth-order valence-electron chi connectivity index (χ4n) is 4.68. The van der Waals surface area contributed by atoms with Gasteiger partial charge in [-0.15, -0.1) is 0 Å².